The van der Waals surface area contributed by atoms with Crippen LogP contribution in [0, 0.1) is 0 Å². The fourth-order valence-corrected chi connectivity index (χ4v) is 11.5. The molecular weight excluding hydrogens is 901 g/mol. The van der Waals surface area contributed by atoms with Crippen molar-refractivity contribution in [3.8, 4) is 22.3 Å². The first-order chi connectivity index (χ1) is 36.7. The number of benzene rings is 13. The Hall–Kier alpha value is -9.90. The molecule has 0 bridgehead atoms. The van der Waals surface area contributed by atoms with Gasteiger partial charge in [0, 0.05) is 61.5 Å². The zero-order chi connectivity index (χ0) is 48.7. The molecule has 0 N–H and O–H groups in total. The highest BCUT2D eigenvalue weighted by molar-refractivity contribution is 6.19. The molecule has 0 radical (unpaired) electrons. The predicted molar refractivity (Wildman–Crippen MR) is 311 cm³/mol. The molecule has 4 heteroatoms. The average Bonchev–Trinajstić information content (AvgIpc) is 4.00. The summed E-state index contributed by atoms with van der Waals surface area (Å²) in [6, 6.07) is 95.9. The molecule has 2 heterocycles. The zero-order valence-electron chi connectivity index (χ0n) is 40.1. The van der Waals surface area contributed by atoms with E-state index in [1.165, 1.54) is 43.8 Å². The molecule has 15 aromatic rings. The van der Waals surface area contributed by atoms with Crippen LogP contribution in [0.1, 0.15) is 0 Å². The van der Waals surface area contributed by atoms with Crippen molar-refractivity contribution in [3.63, 3.8) is 0 Å². The Morgan fingerprint density at radius 3 is 1.03 bits per heavy atom. The Labute approximate surface area is 426 Å². The van der Waals surface area contributed by atoms with Crippen molar-refractivity contribution >= 4 is 121 Å². The van der Waals surface area contributed by atoms with Gasteiger partial charge in [-0.1, -0.05) is 170 Å². The van der Waals surface area contributed by atoms with Crippen LogP contribution in [-0.2, 0) is 0 Å². The monoisotopic (exact) mass is 944 g/mol. The summed E-state index contributed by atoms with van der Waals surface area (Å²) in [5.74, 6) is 0. The van der Waals surface area contributed by atoms with Gasteiger partial charge >= 0.3 is 0 Å². The van der Waals surface area contributed by atoms with Crippen LogP contribution in [-0.4, -0.2) is 0 Å². The quantitative estimate of drug-likeness (QED) is 0.152. The lowest BCUT2D eigenvalue weighted by atomic mass is 9.95. The molecular formula is C70H44N2O2. The van der Waals surface area contributed by atoms with Gasteiger partial charge in [0.25, 0.3) is 0 Å². The third-order valence-electron chi connectivity index (χ3n) is 14.9. The molecule has 0 atom stereocenters. The van der Waals surface area contributed by atoms with Crippen molar-refractivity contribution < 1.29 is 8.83 Å². The molecule has 74 heavy (non-hydrogen) atoms. The van der Waals surface area contributed by atoms with Crippen LogP contribution in [0.4, 0.5) is 34.1 Å². The summed E-state index contributed by atoms with van der Waals surface area (Å²) in [6.45, 7) is 0. The van der Waals surface area contributed by atoms with Crippen LogP contribution < -0.4 is 9.80 Å². The lowest BCUT2D eigenvalue weighted by Crippen LogP contribution is -2.11. The van der Waals surface area contributed by atoms with Gasteiger partial charge in [-0.25, -0.2) is 0 Å². The summed E-state index contributed by atoms with van der Waals surface area (Å²) in [5.41, 5.74) is 14.5. The van der Waals surface area contributed by atoms with Crippen LogP contribution >= 0.6 is 0 Å². The molecule has 15 rings (SSSR count). The molecule has 0 spiro atoms. The standard InChI is InChI=1S/C70H44N2O2/c1-5-19-47(20-6-1)69-57-27-15-13-17-45(57)31-35-63(69)71(53-23-9-3-10-24-53)55-33-29-49-39-59-61-43-62-60-40-50-30-34-56(38-52(50)42-66(60)74-68(62)44-67(61)73-65(59)41-51(49)37-55)72(54-25-11-4-12-26-54)64-36-32-46-18-14-16-28-58(46)70(64)48-21-7-2-8-22-48/h1-44H. The van der Waals surface area contributed by atoms with Crippen molar-refractivity contribution in [2.45, 2.75) is 0 Å². The van der Waals surface area contributed by atoms with Gasteiger partial charge in [0.15, 0.2) is 0 Å². The fraction of sp³-hybridized carbons (Fsp3) is 0. The van der Waals surface area contributed by atoms with E-state index in [1.807, 2.05) is 0 Å². The molecule has 0 aliphatic rings. The summed E-state index contributed by atoms with van der Waals surface area (Å²) in [7, 11) is 0. The maximum absolute atomic E-state index is 6.75. The summed E-state index contributed by atoms with van der Waals surface area (Å²) in [6.07, 6.45) is 0. The number of nitrogens with zero attached hydrogens (tertiary/aromatic N) is 2. The van der Waals surface area contributed by atoms with E-state index in [0.717, 1.165) is 99.5 Å². The predicted octanol–water partition coefficient (Wildman–Crippen LogP) is 20.4. The first-order valence-corrected chi connectivity index (χ1v) is 25.2. The van der Waals surface area contributed by atoms with Crippen molar-refractivity contribution in [1.29, 1.82) is 0 Å². The van der Waals surface area contributed by atoms with Gasteiger partial charge in [-0.3, -0.25) is 0 Å². The zero-order valence-corrected chi connectivity index (χ0v) is 40.1. The maximum atomic E-state index is 6.75. The average molecular weight is 945 g/mol. The Morgan fingerprint density at radius 1 is 0.216 bits per heavy atom. The number of hydrogen-bond acceptors (Lipinski definition) is 4. The van der Waals surface area contributed by atoms with Crippen LogP contribution in [0.25, 0.3) is 109 Å². The largest absolute Gasteiger partial charge is 0.456 e. The highest BCUT2D eigenvalue weighted by Crippen LogP contribution is 2.48. The van der Waals surface area contributed by atoms with E-state index in [9.17, 15) is 0 Å². The van der Waals surface area contributed by atoms with Crippen molar-refractivity contribution in [3.05, 3.63) is 267 Å². The third kappa shape index (κ3) is 6.84. The molecule has 0 unspecified atom stereocenters. The Balaban J connectivity index is 0.839. The topological polar surface area (TPSA) is 32.8 Å². The van der Waals surface area contributed by atoms with Crippen molar-refractivity contribution in [2.75, 3.05) is 9.80 Å². The number of anilines is 6. The van der Waals surface area contributed by atoms with Gasteiger partial charge < -0.3 is 18.6 Å². The lowest BCUT2D eigenvalue weighted by Gasteiger charge is -2.29. The first kappa shape index (κ1) is 41.8. The number of para-hydroxylation sites is 2. The highest BCUT2D eigenvalue weighted by Gasteiger charge is 2.23. The number of furan rings is 2. The van der Waals surface area contributed by atoms with E-state index in [-0.39, 0.29) is 0 Å². The first-order valence-electron chi connectivity index (χ1n) is 25.2. The fourth-order valence-electron chi connectivity index (χ4n) is 11.5. The Kier molecular flexibility index (Phi) is 9.54. The molecule has 0 fully saturated rings. The smallest absolute Gasteiger partial charge is 0.139 e. The van der Waals surface area contributed by atoms with E-state index in [0.29, 0.717) is 0 Å². The molecule has 0 saturated heterocycles. The van der Waals surface area contributed by atoms with Crippen LogP contribution in [0.5, 0.6) is 0 Å². The highest BCUT2D eigenvalue weighted by atomic mass is 16.3. The molecule has 2 aromatic heterocycles. The van der Waals surface area contributed by atoms with Crippen molar-refractivity contribution in [1.82, 2.24) is 0 Å². The van der Waals surface area contributed by atoms with Crippen LogP contribution in [0.15, 0.2) is 276 Å². The van der Waals surface area contributed by atoms with Gasteiger partial charge in [-0.2, -0.15) is 0 Å². The van der Waals surface area contributed by atoms with Gasteiger partial charge in [0.2, 0.25) is 0 Å². The summed E-state index contributed by atoms with van der Waals surface area (Å²) in [4.78, 5) is 4.76. The normalized spacial score (nSPS) is 11.8. The summed E-state index contributed by atoms with van der Waals surface area (Å²) < 4.78 is 13.5. The minimum Gasteiger partial charge on any atom is -0.456 e. The summed E-state index contributed by atoms with van der Waals surface area (Å²) in [5, 5.41) is 13.6. The molecule has 13 aromatic carbocycles. The van der Waals surface area contributed by atoms with Gasteiger partial charge in [0.1, 0.15) is 22.3 Å². The molecule has 0 amide bonds. The van der Waals surface area contributed by atoms with E-state index < -0.39 is 0 Å². The Bertz CT molecular complexity index is 4360. The van der Waals surface area contributed by atoms with Gasteiger partial charge in [0.05, 0.1) is 11.4 Å². The Morgan fingerprint density at radius 2 is 0.581 bits per heavy atom. The number of hydrogen-bond donors (Lipinski definition) is 0. The minimum atomic E-state index is 0.798. The van der Waals surface area contributed by atoms with Gasteiger partial charge in [-0.05, 0) is 145 Å². The molecule has 0 aliphatic carbocycles. The SMILES string of the molecule is c1ccc(-c2c(N(c3ccccc3)c3ccc4cc5c(cc4c3)oc3cc4oc6cc7cc(N(c8ccccc8)c8ccc9ccccc9c8-c8ccccc8)ccc7cc6c4cc35)ccc3ccccc23)cc1. The maximum Gasteiger partial charge on any atom is 0.139 e. The van der Waals surface area contributed by atoms with E-state index in [1.54, 1.807) is 0 Å². The van der Waals surface area contributed by atoms with E-state index >= 15 is 0 Å². The van der Waals surface area contributed by atoms with Crippen molar-refractivity contribution in [2.24, 2.45) is 0 Å². The lowest BCUT2D eigenvalue weighted by molar-refractivity contribution is 0.656. The van der Waals surface area contributed by atoms with Crippen LogP contribution in [0.3, 0.4) is 0 Å². The molecule has 0 aliphatic heterocycles. The van der Waals surface area contributed by atoms with E-state index in [4.69, 9.17) is 8.83 Å². The molecule has 4 nitrogen and oxygen atoms in total. The third-order valence-corrected chi connectivity index (χ3v) is 14.9. The van der Waals surface area contributed by atoms with Gasteiger partial charge in [-0.15, -0.1) is 0 Å². The minimum absolute atomic E-state index is 0.798. The van der Waals surface area contributed by atoms with E-state index in [2.05, 4.69) is 277 Å². The number of fused-ring (bicyclic) bond motifs is 10. The van der Waals surface area contributed by atoms with Crippen LogP contribution in [0.2, 0.25) is 0 Å². The summed E-state index contributed by atoms with van der Waals surface area (Å²) >= 11 is 0. The second-order valence-corrected chi connectivity index (χ2v) is 19.2. The second-order valence-electron chi connectivity index (χ2n) is 19.2. The number of rotatable bonds is 8. The molecule has 0 saturated carbocycles. The molecule has 346 valence electrons. The second kappa shape index (κ2) is 16.9.